The molecule has 0 aromatic carbocycles. The molecule has 1 aromatic rings. The highest BCUT2D eigenvalue weighted by atomic mass is 32.2. The minimum atomic E-state index is -2.93. The molecule has 0 bridgehead atoms. The smallest absolute Gasteiger partial charge is 0.147 e. The molecule has 1 aromatic heterocycles. The molecule has 0 radical (unpaired) electrons. The summed E-state index contributed by atoms with van der Waals surface area (Å²) in [6, 6.07) is 1.73. The van der Waals surface area contributed by atoms with Crippen molar-refractivity contribution < 1.29 is 13.5 Å². The second-order valence-electron chi connectivity index (χ2n) is 3.67. The van der Waals surface area contributed by atoms with Gasteiger partial charge >= 0.3 is 0 Å². The summed E-state index contributed by atoms with van der Waals surface area (Å²) in [6.45, 7) is 0. The topological polar surface area (TPSA) is 72.2 Å². The molecular formula is C9H16N2O3S. The zero-order valence-corrected chi connectivity index (χ0v) is 9.74. The van der Waals surface area contributed by atoms with Gasteiger partial charge in [-0.25, -0.2) is 8.42 Å². The third-order valence-corrected chi connectivity index (χ3v) is 3.22. The first-order valence-electron chi connectivity index (χ1n) is 4.74. The van der Waals surface area contributed by atoms with Crippen molar-refractivity contribution in [3.63, 3.8) is 0 Å². The van der Waals surface area contributed by atoms with Crippen LogP contribution in [-0.2, 0) is 16.9 Å². The number of aryl methyl sites for hydroxylation is 1. The van der Waals surface area contributed by atoms with Crippen molar-refractivity contribution in [1.82, 2.24) is 9.78 Å². The second-order valence-corrected chi connectivity index (χ2v) is 5.93. The third kappa shape index (κ3) is 4.01. The van der Waals surface area contributed by atoms with Crippen LogP contribution in [0.2, 0.25) is 0 Å². The van der Waals surface area contributed by atoms with Crippen molar-refractivity contribution in [2.75, 3.05) is 12.0 Å². The summed E-state index contributed by atoms with van der Waals surface area (Å²) in [5.74, 6) is 0.113. The number of sulfone groups is 1. The summed E-state index contributed by atoms with van der Waals surface area (Å²) < 4.78 is 23.3. The quantitative estimate of drug-likeness (QED) is 0.791. The first-order valence-corrected chi connectivity index (χ1v) is 6.80. The zero-order valence-electron chi connectivity index (χ0n) is 8.92. The fourth-order valence-electron chi connectivity index (χ4n) is 1.40. The molecule has 6 heteroatoms. The number of aliphatic hydroxyl groups is 1. The van der Waals surface area contributed by atoms with E-state index in [2.05, 4.69) is 5.10 Å². The van der Waals surface area contributed by atoms with Gasteiger partial charge in [0.2, 0.25) is 0 Å². The van der Waals surface area contributed by atoms with Gasteiger partial charge in [0.05, 0.1) is 11.8 Å². The lowest BCUT2D eigenvalue weighted by Crippen LogP contribution is -2.08. The van der Waals surface area contributed by atoms with E-state index in [0.29, 0.717) is 18.5 Å². The molecule has 5 nitrogen and oxygen atoms in total. The van der Waals surface area contributed by atoms with E-state index in [1.54, 1.807) is 24.0 Å². The highest BCUT2D eigenvalue weighted by Gasteiger charge is 2.12. The number of hydrogen-bond acceptors (Lipinski definition) is 4. The van der Waals surface area contributed by atoms with Crippen molar-refractivity contribution in [2.45, 2.75) is 18.9 Å². The Labute approximate surface area is 89.6 Å². The van der Waals surface area contributed by atoms with E-state index < -0.39 is 15.9 Å². The van der Waals surface area contributed by atoms with E-state index in [1.165, 1.54) is 6.26 Å². The number of rotatable bonds is 5. The van der Waals surface area contributed by atoms with Crippen molar-refractivity contribution >= 4 is 9.84 Å². The molecule has 0 aliphatic heterocycles. The van der Waals surface area contributed by atoms with Crippen LogP contribution in [0, 0.1) is 0 Å². The Bertz CT molecular complexity index is 411. The maximum atomic E-state index is 10.9. The second kappa shape index (κ2) is 4.76. The van der Waals surface area contributed by atoms with Crippen LogP contribution < -0.4 is 0 Å². The predicted molar refractivity (Wildman–Crippen MR) is 57.1 cm³/mol. The van der Waals surface area contributed by atoms with Gasteiger partial charge < -0.3 is 5.11 Å². The summed E-state index contributed by atoms with van der Waals surface area (Å²) in [4.78, 5) is 0. The number of aliphatic hydroxyl groups excluding tert-OH is 1. The molecule has 1 heterocycles. The van der Waals surface area contributed by atoms with E-state index in [4.69, 9.17) is 0 Å². The van der Waals surface area contributed by atoms with Crippen LogP contribution in [0.1, 0.15) is 24.6 Å². The van der Waals surface area contributed by atoms with Gasteiger partial charge in [0.1, 0.15) is 9.84 Å². The van der Waals surface area contributed by atoms with E-state index >= 15 is 0 Å². The highest BCUT2D eigenvalue weighted by Crippen LogP contribution is 2.17. The van der Waals surface area contributed by atoms with Crippen LogP contribution in [0.4, 0.5) is 0 Å². The Hall–Kier alpha value is -0.880. The third-order valence-electron chi connectivity index (χ3n) is 2.19. The molecule has 1 rings (SSSR count). The first kappa shape index (κ1) is 12.2. The minimum absolute atomic E-state index is 0.113. The SMILES string of the molecule is Cn1nccc1C(O)CCCS(C)(=O)=O. The van der Waals surface area contributed by atoms with Crippen LogP contribution in [0.3, 0.4) is 0 Å². The predicted octanol–water partition coefficient (Wildman–Crippen LogP) is 0.278. The summed E-state index contributed by atoms with van der Waals surface area (Å²) >= 11 is 0. The summed E-state index contributed by atoms with van der Waals surface area (Å²) in [5.41, 5.74) is 0.712. The lowest BCUT2D eigenvalue weighted by molar-refractivity contribution is 0.157. The highest BCUT2D eigenvalue weighted by molar-refractivity contribution is 7.90. The van der Waals surface area contributed by atoms with Crippen LogP contribution in [0.25, 0.3) is 0 Å². The normalized spacial score (nSPS) is 14.1. The van der Waals surface area contributed by atoms with Gasteiger partial charge in [0.25, 0.3) is 0 Å². The maximum absolute atomic E-state index is 10.9. The Morgan fingerprint density at radius 1 is 1.60 bits per heavy atom. The van der Waals surface area contributed by atoms with E-state index in [0.717, 1.165) is 0 Å². The molecular weight excluding hydrogens is 216 g/mol. The van der Waals surface area contributed by atoms with Gasteiger partial charge in [-0.3, -0.25) is 4.68 Å². The number of aromatic nitrogens is 2. The van der Waals surface area contributed by atoms with Crippen LogP contribution in [0.5, 0.6) is 0 Å². The molecule has 1 N–H and O–H groups in total. The number of nitrogens with zero attached hydrogens (tertiary/aromatic N) is 2. The molecule has 0 spiro atoms. The van der Waals surface area contributed by atoms with Gasteiger partial charge in [-0.2, -0.15) is 5.10 Å². The molecule has 0 aliphatic carbocycles. The lowest BCUT2D eigenvalue weighted by Gasteiger charge is -2.10. The molecule has 86 valence electrons. The van der Waals surface area contributed by atoms with Gasteiger partial charge in [-0.15, -0.1) is 0 Å². The molecule has 0 fully saturated rings. The summed E-state index contributed by atoms with van der Waals surface area (Å²) in [6.07, 6.45) is 3.07. The van der Waals surface area contributed by atoms with Crippen molar-refractivity contribution in [3.8, 4) is 0 Å². The standard InChI is InChI=1S/C9H16N2O3S/c1-11-8(5-6-10-11)9(12)4-3-7-15(2,13)14/h5-6,9,12H,3-4,7H2,1-2H3. The molecule has 1 atom stereocenters. The first-order chi connectivity index (χ1) is 6.90. The fraction of sp³-hybridized carbons (Fsp3) is 0.667. The molecule has 0 aliphatic rings. The Morgan fingerprint density at radius 2 is 2.27 bits per heavy atom. The van der Waals surface area contributed by atoms with Crippen molar-refractivity contribution in [3.05, 3.63) is 18.0 Å². The average Bonchev–Trinajstić information content (AvgIpc) is 2.48. The van der Waals surface area contributed by atoms with Crippen LogP contribution >= 0.6 is 0 Å². The van der Waals surface area contributed by atoms with Crippen LogP contribution in [0.15, 0.2) is 12.3 Å². The largest absolute Gasteiger partial charge is 0.387 e. The molecule has 0 saturated carbocycles. The van der Waals surface area contributed by atoms with E-state index in [1.807, 2.05) is 0 Å². The number of hydrogen-bond donors (Lipinski definition) is 1. The molecule has 0 amide bonds. The molecule has 1 unspecified atom stereocenters. The van der Waals surface area contributed by atoms with E-state index in [9.17, 15) is 13.5 Å². The molecule has 15 heavy (non-hydrogen) atoms. The van der Waals surface area contributed by atoms with Gasteiger partial charge in [0.15, 0.2) is 0 Å². The average molecular weight is 232 g/mol. The van der Waals surface area contributed by atoms with Crippen molar-refractivity contribution in [2.24, 2.45) is 7.05 Å². The van der Waals surface area contributed by atoms with Gasteiger partial charge in [0, 0.05) is 25.3 Å². The molecule has 0 saturated heterocycles. The lowest BCUT2D eigenvalue weighted by atomic mass is 10.1. The minimum Gasteiger partial charge on any atom is -0.387 e. The summed E-state index contributed by atoms with van der Waals surface area (Å²) in [5, 5.41) is 13.7. The zero-order chi connectivity index (χ0) is 11.5. The fourth-order valence-corrected chi connectivity index (χ4v) is 2.09. The van der Waals surface area contributed by atoms with Gasteiger partial charge in [-0.05, 0) is 18.9 Å². The van der Waals surface area contributed by atoms with Crippen LogP contribution in [-0.4, -0.2) is 35.3 Å². The van der Waals surface area contributed by atoms with Gasteiger partial charge in [-0.1, -0.05) is 0 Å². The monoisotopic (exact) mass is 232 g/mol. The van der Waals surface area contributed by atoms with E-state index in [-0.39, 0.29) is 5.75 Å². The van der Waals surface area contributed by atoms with Crippen molar-refractivity contribution in [1.29, 1.82) is 0 Å². The maximum Gasteiger partial charge on any atom is 0.147 e. The Morgan fingerprint density at radius 3 is 2.73 bits per heavy atom. The Kier molecular flexibility index (Phi) is 3.87. The Balaban J connectivity index is 2.44. The summed E-state index contributed by atoms with van der Waals surface area (Å²) in [7, 11) is -1.19.